The molecule has 1 N–H and O–H groups in total. The van der Waals surface area contributed by atoms with Gasteiger partial charge in [-0.2, -0.15) is 0 Å². The molecule has 5 heteroatoms. The Morgan fingerprint density at radius 1 is 1.50 bits per heavy atom. The number of nitrogens with one attached hydrogen (secondary N) is 1. The molecule has 1 heterocycles. The molecule has 5 nitrogen and oxygen atoms in total. The highest BCUT2D eigenvalue weighted by Crippen LogP contribution is 2.07. The number of carbonyl (C=O) groups excluding carboxylic acids is 1. The maximum Gasteiger partial charge on any atom is 0.339 e. The van der Waals surface area contributed by atoms with E-state index in [9.17, 15) is 4.79 Å². The van der Waals surface area contributed by atoms with Crippen LogP contribution in [0.25, 0.3) is 0 Å². The summed E-state index contributed by atoms with van der Waals surface area (Å²) in [4.78, 5) is 17.3. The average molecular weight is 223 g/mol. The molecule has 1 aromatic rings. The van der Waals surface area contributed by atoms with Gasteiger partial charge in [-0.05, 0) is 33.2 Å². The van der Waals surface area contributed by atoms with Gasteiger partial charge in [0.25, 0.3) is 0 Å². The van der Waals surface area contributed by atoms with Crippen LogP contribution in [0.3, 0.4) is 0 Å². The van der Waals surface area contributed by atoms with Crippen molar-refractivity contribution in [2.75, 3.05) is 26.5 Å². The van der Waals surface area contributed by atoms with Gasteiger partial charge in [0.2, 0.25) is 0 Å². The highest BCUT2D eigenvalue weighted by atomic mass is 16.5. The van der Waals surface area contributed by atoms with Crippen LogP contribution >= 0.6 is 0 Å². The van der Waals surface area contributed by atoms with E-state index in [2.05, 4.69) is 15.0 Å². The monoisotopic (exact) mass is 223 g/mol. The molecule has 16 heavy (non-hydrogen) atoms. The number of ether oxygens (including phenoxy) is 1. The van der Waals surface area contributed by atoms with Crippen molar-refractivity contribution in [1.29, 1.82) is 0 Å². The first-order valence-electron chi connectivity index (χ1n) is 5.02. The minimum Gasteiger partial charge on any atom is -0.465 e. The fourth-order valence-corrected chi connectivity index (χ4v) is 1.06. The lowest BCUT2D eigenvalue weighted by molar-refractivity contribution is 0.0600. The molecule has 0 bridgehead atoms. The number of methoxy groups -OCH3 is 1. The molecule has 1 atom stereocenters. The number of hydrogen-bond acceptors (Lipinski definition) is 5. The Morgan fingerprint density at radius 3 is 2.62 bits per heavy atom. The Balaban J connectivity index is 2.68. The fraction of sp³-hybridized carbons (Fsp3) is 0.455. The van der Waals surface area contributed by atoms with Crippen LogP contribution in [-0.4, -0.2) is 43.2 Å². The molecule has 1 aromatic heterocycles. The fourth-order valence-electron chi connectivity index (χ4n) is 1.06. The predicted octanol–water partition coefficient (Wildman–Crippen LogP) is 1.19. The molecule has 0 aliphatic carbocycles. The van der Waals surface area contributed by atoms with Crippen molar-refractivity contribution in [3.63, 3.8) is 0 Å². The zero-order valence-electron chi connectivity index (χ0n) is 10.0. The summed E-state index contributed by atoms with van der Waals surface area (Å²) >= 11 is 0. The second-order valence-electron chi connectivity index (χ2n) is 3.71. The second kappa shape index (κ2) is 5.46. The number of rotatable bonds is 4. The van der Waals surface area contributed by atoms with Gasteiger partial charge in [-0.3, -0.25) is 4.90 Å². The summed E-state index contributed by atoms with van der Waals surface area (Å²) in [6, 6.07) is 3.44. The van der Waals surface area contributed by atoms with E-state index in [1.807, 2.05) is 25.9 Å². The SMILES string of the molecule is COC(=O)c1ccc(NC(C)N(C)C)nc1. The van der Waals surface area contributed by atoms with Crippen LogP contribution in [-0.2, 0) is 4.74 Å². The highest BCUT2D eigenvalue weighted by molar-refractivity contribution is 5.89. The number of carbonyl (C=O) groups is 1. The van der Waals surface area contributed by atoms with Gasteiger partial charge in [0.05, 0.1) is 18.8 Å². The minimum absolute atomic E-state index is 0.177. The van der Waals surface area contributed by atoms with E-state index >= 15 is 0 Å². The molecule has 0 fully saturated rings. The van der Waals surface area contributed by atoms with Gasteiger partial charge in [0.15, 0.2) is 0 Å². The van der Waals surface area contributed by atoms with Crippen LogP contribution in [0.15, 0.2) is 18.3 Å². The molecular weight excluding hydrogens is 206 g/mol. The largest absolute Gasteiger partial charge is 0.465 e. The molecule has 1 unspecified atom stereocenters. The third-order valence-electron chi connectivity index (χ3n) is 2.32. The molecule has 0 aliphatic heterocycles. The first kappa shape index (κ1) is 12.4. The summed E-state index contributed by atoms with van der Waals surface area (Å²) in [5, 5.41) is 3.19. The lowest BCUT2D eigenvalue weighted by Gasteiger charge is -2.21. The third kappa shape index (κ3) is 3.20. The van der Waals surface area contributed by atoms with Crippen LogP contribution in [0.1, 0.15) is 17.3 Å². The van der Waals surface area contributed by atoms with Gasteiger partial charge in [-0.1, -0.05) is 0 Å². The molecule has 0 aliphatic rings. The summed E-state index contributed by atoms with van der Waals surface area (Å²) in [5.74, 6) is 0.355. The molecular formula is C11H17N3O2. The predicted molar refractivity (Wildman–Crippen MR) is 62.3 cm³/mol. The molecule has 88 valence electrons. The van der Waals surface area contributed by atoms with Crippen molar-refractivity contribution in [3.05, 3.63) is 23.9 Å². The van der Waals surface area contributed by atoms with E-state index in [1.165, 1.54) is 13.3 Å². The van der Waals surface area contributed by atoms with Gasteiger partial charge >= 0.3 is 5.97 Å². The zero-order valence-corrected chi connectivity index (χ0v) is 10.0. The molecule has 0 aromatic carbocycles. The van der Waals surface area contributed by atoms with E-state index in [0.29, 0.717) is 5.56 Å². The first-order valence-corrected chi connectivity index (χ1v) is 5.02. The minimum atomic E-state index is -0.375. The average Bonchev–Trinajstić information content (AvgIpc) is 2.28. The number of nitrogens with zero attached hydrogens (tertiary/aromatic N) is 2. The van der Waals surface area contributed by atoms with Crippen LogP contribution in [0.5, 0.6) is 0 Å². The third-order valence-corrected chi connectivity index (χ3v) is 2.32. The van der Waals surface area contributed by atoms with Crippen LogP contribution in [0.2, 0.25) is 0 Å². The van der Waals surface area contributed by atoms with Gasteiger partial charge in [-0.15, -0.1) is 0 Å². The van der Waals surface area contributed by atoms with Crippen LogP contribution < -0.4 is 5.32 Å². The molecule has 0 spiro atoms. The van der Waals surface area contributed by atoms with E-state index in [0.717, 1.165) is 5.82 Å². The van der Waals surface area contributed by atoms with Crippen molar-refractivity contribution >= 4 is 11.8 Å². The standard InChI is InChI=1S/C11H17N3O2/c1-8(14(2)3)13-10-6-5-9(7-12-10)11(15)16-4/h5-8H,1-4H3,(H,12,13). The van der Waals surface area contributed by atoms with Crippen LogP contribution in [0.4, 0.5) is 5.82 Å². The van der Waals surface area contributed by atoms with Crippen molar-refractivity contribution in [3.8, 4) is 0 Å². The molecule has 0 saturated carbocycles. The Kier molecular flexibility index (Phi) is 4.25. The lowest BCUT2D eigenvalue weighted by Crippen LogP contribution is -2.32. The normalized spacial score (nSPS) is 12.3. The number of hydrogen-bond donors (Lipinski definition) is 1. The Bertz CT molecular complexity index is 349. The number of pyridine rings is 1. The summed E-state index contributed by atoms with van der Waals surface area (Å²) in [5.41, 5.74) is 0.450. The van der Waals surface area contributed by atoms with E-state index in [4.69, 9.17) is 0 Å². The van der Waals surface area contributed by atoms with Gasteiger partial charge < -0.3 is 10.1 Å². The molecule has 0 radical (unpaired) electrons. The second-order valence-corrected chi connectivity index (χ2v) is 3.71. The maximum absolute atomic E-state index is 11.2. The van der Waals surface area contributed by atoms with Crippen molar-refractivity contribution in [2.45, 2.75) is 13.1 Å². The van der Waals surface area contributed by atoms with E-state index in [-0.39, 0.29) is 12.1 Å². The summed E-state index contributed by atoms with van der Waals surface area (Å²) in [6.45, 7) is 2.02. The Morgan fingerprint density at radius 2 is 2.19 bits per heavy atom. The highest BCUT2D eigenvalue weighted by Gasteiger charge is 2.07. The topological polar surface area (TPSA) is 54.5 Å². The smallest absolute Gasteiger partial charge is 0.339 e. The van der Waals surface area contributed by atoms with Crippen molar-refractivity contribution in [2.24, 2.45) is 0 Å². The van der Waals surface area contributed by atoms with Gasteiger partial charge in [0, 0.05) is 6.20 Å². The number of anilines is 1. The van der Waals surface area contributed by atoms with E-state index in [1.54, 1.807) is 12.1 Å². The summed E-state index contributed by atoms with van der Waals surface area (Å²) < 4.78 is 4.59. The molecule has 1 rings (SSSR count). The Labute approximate surface area is 95.4 Å². The van der Waals surface area contributed by atoms with Gasteiger partial charge in [-0.25, -0.2) is 9.78 Å². The first-order chi connectivity index (χ1) is 7.54. The Hall–Kier alpha value is -1.62. The quantitative estimate of drug-likeness (QED) is 0.613. The lowest BCUT2D eigenvalue weighted by atomic mass is 10.3. The number of esters is 1. The van der Waals surface area contributed by atoms with Crippen LogP contribution in [0, 0.1) is 0 Å². The molecule has 0 saturated heterocycles. The van der Waals surface area contributed by atoms with Crippen molar-refractivity contribution in [1.82, 2.24) is 9.88 Å². The summed E-state index contributed by atoms with van der Waals surface area (Å²) in [6.07, 6.45) is 1.67. The van der Waals surface area contributed by atoms with Gasteiger partial charge in [0.1, 0.15) is 5.82 Å². The van der Waals surface area contributed by atoms with E-state index < -0.39 is 0 Å². The zero-order chi connectivity index (χ0) is 12.1. The molecule has 0 amide bonds. The summed E-state index contributed by atoms with van der Waals surface area (Å²) in [7, 11) is 5.30. The van der Waals surface area contributed by atoms with Crippen molar-refractivity contribution < 1.29 is 9.53 Å². The maximum atomic E-state index is 11.2. The number of aromatic nitrogens is 1.